The number of methoxy groups -OCH3 is 4. The molecule has 1 aliphatic heterocycles. The van der Waals surface area contributed by atoms with Crippen LogP contribution < -0.4 is 0 Å². The van der Waals surface area contributed by atoms with Gasteiger partial charge >= 0.3 is 5.97 Å². The summed E-state index contributed by atoms with van der Waals surface area (Å²) in [6.45, 7) is 1.29. The highest BCUT2D eigenvalue weighted by Crippen LogP contribution is 2.80. The number of nitrogens with zero attached hydrogens (tertiary/aromatic N) is 1. The number of carbonyl (C=O) groups is 1. The van der Waals surface area contributed by atoms with E-state index in [0.717, 1.165) is 19.4 Å². The molecule has 1 aromatic carbocycles. The van der Waals surface area contributed by atoms with E-state index in [-0.39, 0.29) is 35.8 Å². The molecule has 0 amide bonds. The maximum absolute atomic E-state index is 13.5. The molecule has 1 aromatic rings. The number of carbonyl (C=O) groups excluding carboxylic acids is 1. The number of aliphatic hydroxyl groups excluding tert-OH is 1. The average Bonchev–Trinajstić information content (AvgIpc) is 3.36. The molecule has 5 saturated carbocycles. The highest BCUT2D eigenvalue weighted by molar-refractivity contribution is 5.89. The summed E-state index contributed by atoms with van der Waals surface area (Å²) in [5.74, 6) is -2.30. The van der Waals surface area contributed by atoms with Crippen molar-refractivity contribution in [3.8, 4) is 0 Å². The molecule has 41 heavy (non-hydrogen) atoms. The fourth-order valence-corrected chi connectivity index (χ4v) is 11.8. The van der Waals surface area contributed by atoms with Crippen molar-refractivity contribution in [2.45, 2.75) is 67.0 Å². The van der Waals surface area contributed by atoms with Crippen LogP contribution in [0, 0.1) is 34.5 Å². The van der Waals surface area contributed by atoms with Crippen LogP contribution in [0.3, 0.4) is 0 Å². The summed E-state index contributed by atoms with van der Waals surface area (Å²) in [4.78, 5) is 15.8. The summed E-state index contributed by atoms with van der Waals surface area (Å²) in [6.07, 6.45) is -2.45. The highest BCUT2D eigenvalue weighted by atomic mass is 16.6. The first-order valence-electron chi connectivity index (χ1n) is 14.8. The molecular formula is C31H43NO9. The standard InChI is InChI=1S/C31H43NO9/c1-32-14-28(15-37-2)12-11-18(38-3)30-17-13-29(35)25(41-27(34)16-9-7-6-8-10-16)19(17)31(36,24(33)26(29)40-5)20(23(30)32)21(39-4)22(28)30/h6-10,17-26,33,35-36H,11-15H2,1-5H3/t17-,18+,19-,20+,21+,22-,23+,24+,25-,26+,28+,29-,30+,31-/m0/s1. The summed E-state index contributed by atoms with van der Waals surface area (Å²) in [5, 5.41) is 37.6. The first kappa shape index (κ1) is 28.2. The number of rotatable bonds is 7. The van der Waals surface area contributed by atoms with Crippen molar-refractivity contribution in [3.05, 3.63) is 35.9 Å². The van der Waals surface area contributed by atoms with Gasteiger partial charge in [0, 0.05) is 69.6 Å². The van der Waals surface area contributed by atoms with Gasteiger partial charge < -0.3 is 43.9 Å². The minimum Gasteiger partial charge on any atom is -0.455 e. The third kappa shape index (κ3) is 3.08. The molecule has 6 fully saturated rings. The van der Waals surface area contributed by atoms with Crippen molar-refractivity contribution in [1.82, 2.24) is 4.90 Å². The van der Waals surface area contributed by atoms with Crippen LogP contribution in [0.25, 0.3) is 0 Å². The Balaban J connectivity index is 1.46. The zero-order chi connectivity index (χ0) is 29.1. The van der Waals surface area contributed by atoms with Crippen LogP contribution in [0.5, 0.6) is 0 Å². The number of benzene rings is 1. The normalized spacial score (nSPS) is 52.9. The van der Waals surface area contributed by atoms with E-state index in [1.54, 1.807) is 45.6 Å². The Kier molecular flexibility index (Phi) is 6.31. The summed E-state index contributed by atoms with van der Waals surface area (Å²) < 4.78 is 30.6. The molecular weight excluding hydrogens is 530 g/mol. The largest absolute Gasteiger partial charge is 0.455 e. The summed E-state index contributed by atoms with van der Waals surface area (Å²) in [5.41, 5.74) is -3.95. The lowest BCUT2D eigenvalue weighted by molar-refractivity contribution is -0.313. The van der Waals surface area contributed by atoms with Crippen LogP contribution in [0.4, 0.5) is 0 Å². The van der Waals surface area contributed by atoms with Crippen LogP contribution in [0.1, 0.15) is 29.6 Å². The Hall–Kier alpha value is -1.63. The van der Waals surface area contributed by atoms with Gasteiger partial charge in [-0.2, -0.15) is 0 Å². The second-order valence-corrected chi connectivity index (χ2v) is 13.6. The van der Waals surface area contributed by atoms with Gasteiger partial charge in [-0.15, -0.1) is 0 Å². The first-order valence-corrected chi connectivity index (χ1v) is 14.8. The molecule has 3 N–H and O–H groups in total. The SMILES string of the molecule is COC[C@]12CC[C@@H](OC)[C@]34[C@H]5C[C@@]6(O)[C@H](OC)[C@@H](O)[C@](O)([C@@H]5[C@@H]6OC(=O)c5ccccc5)[C@H]([C@@H](OC)[C@@H]13)[C@H]4N(C)C2. The molecule has 1 heterocycles. The van der Waals surface area contributed by atoms with E-state index in [1.165, 1.54) is 7.11 Å². The number of ether oxygens (including phenoxy) is 5. The Labute approximate surface area is 240 Å². The van der Waals surface area contributed by atoms with Gasteiger partial charge in [-0.3, -0.25) is 0 Å². The second kappa shape index (κ2) is 9.19. The molecule has 1 spiro atoms. The maximum atomic E-state index is 13.5. The number of hydrogen-bond donors (Lipinski definition) is 3. The third-order valence-corrected chi connectivity index (χ3v) is 12.5. The summed E-state index contributed by atoms with van der Waals surface area (Å²) >= 11 is 0. The van der Waals surface area contributed by atoms with E-state index in [2.05, 4.69) is 11.9 Å². The lowest BCUT2D eigenvalue weighted by Crippen LogP contribution is -2.79. The van der Waals surface area contributed by atoms with E-state index in [4.69, 9.17) is 23.7 Å². The number of aliphatic hydroxyl groups is 3. The lowest BCUT2D eigenvalue weighted by Gasteiger charge is -2.69. The minimum absolute atomic E-state index is 0.0644. The van der Waals surface area contributed by atoms with Crippen LogP contribution in [-0.2, 0) is 23.7 Å². The smallest absolute Gasteiger partial charge is 0.338 e. The quantitative estimate of drug-likeness (QED) is 0.402. The van der Waals surface area contributed by atoms with Gasteiger partial charge in [0.15, 0.2) is 0 Å². The van der Waals surface area contributed by atoms with Crippen LogP contribution in [0.2, 0.25) is 0 Å². The lowest BCUT2D eigenvalue weighted by atomic mass is 9.43. The first-order chi connectivity index (χ1) is 19.6. The van der Waals surface area contributed by atoms with E-state index in [1.807, 2.05) is 6.07 Å². The van der Waals surface area contributed by atoms with Gasteiger partial charge in [-0.05, 0) is 44.4 Å². The molecule has 0 aromatic heterocycles. The van der Waals surface area contributed by atoms with Crippen molar-refractivity contribution in [1.29, 1.82) is 0 Å². The summed E-state index contributed by atoms with van der Waals surface area (Å²) in [6, 6.07) is 8.46. The molecule has 10 nitrogen and oxygen atoms in total. The van der Waals surface area contributed by atoms with E-state index < -0.39 is 58.8 Å². The zero-order valence-electron chi connectivity index (χ0n) is 24.4. The van der Waals surface area contributed by atoms with Crippen LogP contribution >= 0.6 is 0 Å². The predicted octanol–water partition coefficient (Wildman–Crippen LogP) is 0.716. The van der Waals surface area contributed by atoms with E-state index >= 15 is 0 Å². The Morgan fingerprint density at radius 1 is 1.02 bits per heavy atom. The monoisotopic (exact) mass is 573 g/mol. The molecule has 1 saturated heterocycles. The van der Waals surface area contributed by atoms with Crippen LogP contribution in [0.15, 0.2) is 30.3 Å². The molecule has 7 rings (SSSR count). The topological polar surface area (TPSA) is 127 Å². The number of likely N-dealkylation sites (tertiary alicyclic amines) is 1. The predicted molar refractivity (Wildman–Crippen MR) is 145 cm³/mol. The Bertz CT molecular complexity index is 1200. The Morgan fingerprint density at radius 3 is 2.39 bits per heavy atom. The minimum atomic E-state index is -1.76. The van der Waals surface area contributed by atoms with Gasteiger partial charge in [-0.1, -0.05) is 18.2 Å². The average molecular weight is 574 g/mol. The zero-order valence-corrected chi connectivity index (χ0v) is 24.4. The van der Waals surface area contributed by atoms with Crippen molar-refractivity contribution >= 4 is 5.97 Å². The van der Waals surface area contributed by atoms with E-state index in [0.29, 0.717) is 12.2 Å². The van der Waals surface area contributed by atoms with Crippen LogP contribution in [-0.4, -0.2) is 123 Å². The molecule has 5 aliphatic carbocycles. The molecule has 14 atom stereocenters. The van der Waals surface area contributed by atoms with Crippen molar-refractivity contribution < 1.29 is 43.8 Å². The van der Waals surface area contributed by atoms with E-state index in [9.17, 15) is 20.1 Å². The molecule has 6 aliphatic rings. The van der Waals surface area contributed by atoms with Gasteiger partial charge in [0.25, 0.3) is 0 Å². The fraction of sp³-hybridized carbons (Fsp3) is 0.774. The van der Waals surface area contributed by atoms with Crippen molar-refractivity contribution in [3.63, 3.8) is 0 Å². The highest BCUT2D eigenvalue weighted by Gasteiger charge is 2.90. The van der Waals surface area contributed by atoms with Crippen molar-refractivity contribution in [2.24, 2.45) is 34.5 Å². The second-order valence-electron chi connectivity index (χ2n) is 13.6. The van der Waals surface area contributed by atoms with Gasteiger partial charge in [-0.25, -0.2) is 4.79 Å². The number of hydrogen-bond acceptors (Lipinski definition) is 10. The number of fused-ring (bicyclic) bond motifs is 2. The maximum Gasteiger partial charge on any atom is 0.338 e. The molecule has 226 valence electrons. The number of piperidine rings is 1. The molecule has 7 bridgehead atoms. The Morgan fingerprint density at radius 2 is 1.76 bits per heavy atom. The third-order valence-electron chi connectivity index (χ3n) is 12.5. The molecule has 10 heteroatoms. The van der Waals surface area contributed by atoms with Gasteiger partial charge in [0.1, 0.15) is 29.5 Å². The molecule has 0 radical (unpaired) electrons. The van der Waals surface area contributed by atoms with Gasteiger partial charge in [0.2, 0.25) is 0 Å². The van der Waals surface area contributed by atoms with Gasteiger partial charge in [0.05, 0.1) is 24.4 Å². The fourth-order valence-electron chi connectivity index (χ4n) is 11.8. The summed E-state index contributed by atoms with van der Waals surface area (Å²) in [7, 11) is 8.65. The molecule has 0 unspecified atom stereocenters. The van der Waals surface area contributed by atoms with Crippen molar-refractivity contribution in [2.75, 3.05) is 48.6 Å². The number of esters is 1.